The second-order valence-electron chi connectivity index (χ2n) is 6.45. The van der Waals surface area contributed by atoms with Gasteiger partial charge in [0.2, 0.25) is 0 Å². The zero-order valence-corrected chi connectivity index (χ0v) is 15.0. The van der Waals surface area contributed by atoms with Gasteiger partial charge < -0.3 is 25.2 Å². The van der Waals surface area contributed by atoms with E-state index < -0.39 is 11.4 Å². The minimum atomic E-state index is -0.852. The van der Waals surface area contributed by atoms with Crippen LogP contribution in [0.15, 0.2) is 0 Å². The van der Waals surface area contributed by atoms with Crippen LogP contribution in [0.1, 0.15) is 65.2 Å². The third kappa shape index (κ3) is 20.8. The number of carbonyl (C=O) groups is 2. The van der Waals surface area contributed by atoms with Crippen LogP contribution in [0.3, 0.4) is 0 Å². The van der Waals surface area contributed by atoms with Gasteiger partial charge in [0, 0.05) is 31.5 Å². The van der Waals surface area contributed by atoms with Gasteiger partial charge in [-0.05, 0) is 25.7 Å². The number of aliphatic hydroxyl groups is 3. The number of unbranched alkanes of at least 4 members (excludes halogenated alkanes) is 4. The molecule has 0 bridgehead atoms. The van der Waals surface area contributed by atoms with Crippen LogP contribution in [-0.4, -0.2) is 58.8 Å². The van der Waals surface area contributed by atoms with E-state index in [0.717, 1.165) is 25.7 Å². The molecular weight excluding hydrogens is 316 g/mol. The van der Waals surface area contributed by atoms with Gasteiger partial charge in [0.1, 0.15) is 0 Å². The van der Waals surface area contributed by atoms with Crippen molar-refractivity contribution in [2.24, 2.45) is 5.41 Å². The summed E-state index contributed by atoms with van der Waals surface area (Å²) >= 11 is 0. The minimum Gasteiger partial charge on any atom is -0.481 e. The highest BCUT2D eigenvalue weighted by molar-refractivity contribution is 5.69. The number of esters is 1. The van der Waals surface area contributed by atoms with Gasteiger partial charge in [-0.15, -0.1) is 0 Å². The maximum atomic E-state index is 11.2. The minimum absolute atomic E-state index is 0.0424. The third-order valence-corrected chi connectivity index (χ3v) is 3.14. The van der Waals surface area contributed by atoms with Crippen LogP contribution in [0.25, 0.3) is 0 Å². The van der Waals surface area contributed by atoms with E-state index in [1.54, 1.807) is 13.8 Å². The maximum absolute atomic E-state index is 11.2. The van der Waals surface area contributed by atoms with Crippen molar-refractivity contribution in [3.05, 3.63) is 0 Å². The van der Waals surface area contributed by atoms with Crippen molar-refractivity contribution >= 4 is 11.9 Å². The second-order valence-corrected chi connectivity index (χ2v) is 6.45. The third-order valence-electron chi connectivity index (χ3n) is 3.14. The molecule has 0 rings (SSSR count). The molecule has 0 fully saturated rings. The summed E-state index contributed by atoms with van der Waals surface area (Å²) in [5.74, 6) is -1.19. The normalized spacial score (nSPS) is 10.7. The van der Waals surface area contributed by atoms with Crippen molar-refractivity contribution in [3.8, 4) is 0 Å². The lowest BCUT2D eigenvalue weighted by atomic mass is 9.97. The first-order valence-electron chi connectivity index (χ1n) is 8.49. The molecule has 0 amide bonds. The number of aliphatic hydroxyl groups excluding tert-OH is 3. The first-order valence-corrected chi connectivity index (χ1v) is 8.49. The zero-order valence-electron chi connectivity index (χ0n) is 15.0. The van der Waals surface area contributed by atoms with Crippen LogP contribution in [0.5, 0.6) is 0 Å². The molecule has 0 saturated heterocycles. The summed E-state index contributed by atoms with van der Waals surface area (Å²) < 4.78 is 4.96. The molecule has 0 aromatic carbocycles. The highest BCUT2D eigenvalue weighted by Crippen LogP contribution is 2.14. The SMILES string of the molecule is CC(C)(CO)COC(=O)CCCCC(=O)O.OCCCCCCO. The van der Waals surface area contributed by atoms with Gasteiger partial charge >= 0.3 is 11.9 Å². The molecule has 0 radical (unpaired) electrons. The predicted octanol–water partition coefficient (Wildman–Crippen LogP) is 1.72. The Bertz CT molecular complexity index is 310. The summed E-state index contributed by atoms with van der Waals surface area (Å²) in [4.78, 5) is 21.4. The largest absolute Gasteiger partial charge is 0.481 e. The van der Waals surface area contributed by atoms with E-state index in [0.29, 0.717) is 12.8 Å². The lowest BCUT2D eigenvalue weighted by Crippen LogP contribution is -2.25. The molecule has 24 heavy (non-hydrogen) atoms. The number of hydrogen-bond acceptors (Lipinski definition) is 6. The Hall–Kier alpha value is -1.18. The Balaban J connectivity index is 0. The van der Waals surface area contributed by atoms with E-state index in [2.05, 4.69) is 0 Å². The predicted molar refractivity (Wildman–Crippen MR) is 90.6 cm³/mol. The standard InChI is InChI=1S/C11H20O5.C6H14O2/c1-11(2,7-12)8-16-10(15)6-4-3-5-9(13)14;7-5-3-1-2-4-6-8/h12H,3-8H2,1-2H3,(H,13,14);7-8H,1-6H2. The number of hydrogen-bond donors (Lipinski definition) is 4. The molecule has 0 saturated carbocycles. The Morgan fingerprint density at radius 3 is 1.75 bits per heavy atom. The van der Waals surface area contributed by atoms with E-state index in [1.807, 2.05) is 0 Å². The van der Waals surface area contributed by atoms with Crippen molar-refractivity contribution in [1.82, 2.24) is 0 Å². The van der Waals surface area contributed by atoms with Gasteiger partial charge in [0.25, 0.3) is 0 Å². The zero-order chi connectivity index (χ0) is 18.8. The molecule has 0 unspecified atom stereocenters. The van der Waals surface area contributed by atoms with Crippen molar-refractivity contribution in [3.63, 3.8) is 0 Å². The smallest absolute Gasteiger partial charge is 0.305 e. The van der Waals surface area contributed by atoms with Crippen LogP contribution in [0, 0.1) is 5.41 Å². The summed E-state index contributed by atoms with van der Waals surface area (Å²) in [6.07, 6.45) is 5.14. The van der Waals surface area contributed by atoms with E-state index in [1.165, 1.54) is 0 Å². The number of carboxylic acid groups (broad SMARTS) is 1. The van der Waals surface area contributed by atoms with Crippen LogP contribution < -0.4 is 0 Å². The Morgan fingerprint density at radius 2 is 1.33 bits per heavy atom. The number of carbonyl (C=O) groups excluding carboxylic acids is 1. The molecule has 7 heteroatoms. The molecule has 0 heterocycles. The van der Waals surface area contributed by atoms with Crippen molar-refractivity contribution in [2.75, 3.05) is 26.4 Å². The maximum Gasteiger partial charge on any atom is 0.305 e. The quantitative estimate of drug-likeness (QED) is 0.294. The lowest BCUT2D eigenvalue weighted by Gasteiger charge is -2.20. The number of aliphatic carboxylic acids is 1. The summed E-state index contributed by atoms with van der Waals surface area (Å²) in [6, 6.07) is 0. The van der Waals surface area contributed by atoms with Crippen molar-refractivity contribution < 1.29 is 34.8 Å². The molecule has 7 nitrogen and oxygen atoms in total. The van der Waals surface area contributed by atoms with E-state index in [-0.39, 0.29) is 45.2 Å². The molecule has 4 N–H and O–H groups in total. The molecule has 0 aliphatic heterocycles. The fourth-order valence-corrected chi connectivity index (χ4v) is 1.52. The highest BCUT2D eigenvalue weighted by atomic mass is 16.5. The van der Waals surface area contributed by atoms with Crippen LogP contribution in [-0.2, 0) is 14.3 Å². The first kappa shape index (κ1) is 25.1. The fraction of sp³-hybridized carbons (Fsp3) is 0.882. The van der Waals surface area contributed by atoms with Gasteiger partial charge in [-0.1, -0.05) is 26.7 Å². The summed E-state index contributed by atoms with van der Waals surface area (Å²) in [7, 11) is 0. The first-order chi connectivity index (χ1) is 11.3. The molecule has 0 aliphatic carbocycles. The van der Waals surface area contributed by atoms with E-state index in [4.69, 9.17) is 25.2 Å². The summed E-state index contributed by atoms with van der Waals surface area (Å²) in [5, 5.41) is 33.9. The number of ether oxygens (including phenoxy) is 1. The monoisotopic (exact) mass is 350 g/mol. The Morgan fingerprint density at radius 1 is 0.833 bits per heavy atom. The van der Waals surface area contributed by atoms with Crippen LogP contribution >= 0.6 is 0 Å². The van der Waals surface area contributed by atoms with Crippen molar-refractivity contribution in [2.45, 2.75) is 65.2 Å². The topological polar surface area (TPSA) is 124 Å². The second kappa shape index (κ2) is 16.7. The molecule has 144 valence electrons. The van der Waals surface area contributed by atoms with Gasteiger partial charge in [-0.25, -0.2) is 0 Å². The van der Waals surface area contributed by atoms with Crippen LogP contribution in [0.2, 0.25) is 0 Å². The highest BCUT2D eigenvalue weighted by Gasteiger charge is 2.18. The van der Waals surface area contributed by atoms with Gasteiger partial charge in [0.15, 0.2) is 0 Å². The number of rotatable bonds is 13. The Labute approximate surface area is 144 Å². The molecule has 0 spiro atoms. The van der Waals surface area contributed by atoms with Gasteiger partial charge in [0.05, 0.1) is 13.2 Å². The molecule has 0 aliphatic rings. The average Bonchev–Trinajstić information content (AvgIpc) is 2.54. The van der Waals surface area contributed by atoms with E-state index >= 15 is 0 Å². The summed E-state index contributed by atoms with van der Waals surface area (Å²) in [6.45, 7) is 4.30. The molecule has 0 aromatic rings. The lowest BCUT2D eigenvalue weighted by molar-refractivity contribution is -0.148. The van der Waals surface area contributed by atoms with Crippen molar-refractivity contribution in [1.29, 1.82) is 0 Å². The molecule has 0 aromatic heterocycles. The fourth-order valence-electron chi connectivity index (χ4n) is 1.52. The van der Waals surface area contributed by atoms with Crippen LogP contribution in [0.4, 0.5) is 0 Å². The molecular formula is C17H34O7. The van der Waals surface area contributed by atoms with Gasteiger partial charge in [-0.2, -0.15) is 0 Å². The van der Waals surface area contributed by atoms with E-state index in [9.17, 15) is 9.59 Å². The summed E-state index contributed by atoms with van der Waals surface area (Å²) in [5.41, 5.74) is -0.420. The van der Waals surface area contributed by atoms with Gasteiger partial charge in [-0.3, -0.25) is 9.59 Å². The average molecular weight is 350 g/mol. The molecule has 0 atom stereocenters. The Kier molecular flexibility index (Phi) is 17.4. The number of carboxylic acids is 1.